The first kappa shape index (κ1) is 16.3. The van der Waals surface area contributed by atoms with E-state index in [0.717, 1.165) is 37.0 Å². The van der Waals surface area contributed by atoms with Crippen molar-refractivity contribution in [3.8, 4) is 0 Å². The van der Waals surface area contributed by atoms with Crippen LogP contribution in [0.2, 0.25) is 0 Å². The van der Waals surface area contributed by atoms with Gasteiger partial charge in [-0.3, -0.25) is 4.79 Å². The summed E-state index contributed by atoms with van der Waals surface area (Å²) in [4.78, 5) is 12.6. The highest BCUT2D eigenvalue weighted by Gasteiger charge is 2.16. The Balaban J connectivity index is 3.80. The molecule has 0 aromatic heterocycles. The van der Waals surface area contributed by atoms with Crippen LogP contribution in [0, 0.1) is 0 Å². The van der Waals surface area contributed by atoms with E-state index >= 15 is 0 Å². The summed E-state index contributed by atoms with van der Waals surface area (Å²) in [6.45, 7) is 1.26. The molecule has 102 valence electrons. The number of amides is 1. The summed E-state index contributed by atoms with van der Waals surface area (Å²) in [5.41, 5.74) is 0. The number of alkyl halides is 2. The lowest BCUT2D eigenvalue weighted by molar-refractivity contribution is -0.133. The average molecular weight is 251 g/mol. The van der Waals surface area contributed by atoms with Gasteiger partial charge >= 0.3 is 0 Å². The van der Waals surface area contributed by atoms with Gasteiger partial charge in [0.2, 0.25) is 5.91 Å². The molecule has 0 aromatic carbocycles. The SMILES string of the molecule is CCCCCCCC(=O)N(CCO)CC(F)F. The highest BCUT2D eigenvalue weighted by Crippen LogP contribution is 2.08. The van der Waals surface area contributed by atoms with Crippen LogP contribution in [0.4, 0.5) is 8.78 Å². The van der Waals surface area contributed by atoms with Crippen molar-refractivity contribution in [1.82, 2.24) is 4.90 Å². The summed E-state index contributed by atoms with van der Waals surface area (Å²) in [5, 5.41) is 8.70. The monoisotopic (exact) mass is 251 g/mol. The van der Waals surface area contributed by atoms with Crippen LogP contribution in [-0.2, 0) is 4.79 Å². The molecule has 0 atom stereocenters. The Kier molecular flexibility index (Phi) is 10.0. The van der Waals surface area contributed by atoms with Gasteiger partial charge in [0.15, 0.2) is 0 Å². The number of nitrogens with zero attached hydrogens (tertiary/aromatic N) is 1. The van der Waals surface area contributed by atoms with Gasteiger partial charge in [0, 0.05) is 13.0 Å². The molecule has 3 nitrogen and oxygen atoms in total. The van der Waals surface area contributed by atoms with Gasteiger partial charge in [0.25, 0.3) is 6.43 Å². The zero-order valence-corrected chi connectivity index (χ0v) is 10.5. The molecule has 0 fully saturated rings. The van der Waals surface area contributed by atoms with Crippen LogP contribution in [0.3, 0.4) is 0 Å². The molecule has 0 aliphatic carbocycles. The summed E-state index contributed by atoms with van der Waals surface area (Å²) in [6.07, 6.45) is 2.83. The first-order chi connectivity index (χ1) is 8.11. The van der Waals surface area contributed by atoms with Gasteiger partial charge in [0.1, 0.15) is 0 Å². The van der Waals surface area contributed by atoms with Crippen LogP contribution in [-0.4, -0.2) is 42.0 Å². The predicted molar refractivity (Wildman–Crippen MR) is 63.0 cm³/mol. The van der Waals surface area contributed by atoms with Crippen molar-refractivity contribution in [3.63, 3.8) is 0 Å². The highest BCUT2D eigenvalue weighted by atomic mass is 19.3. The number of carbonyl (C=O) groups excluding carboxylic acids is 1. The summed E-state index contributed by atoms with van der Waals surface area (Å²) >= 11 is 0. The Morgan fingerprint density at radius 3 is 2.41 bits per heavy atom. The molecular formula is C12H23F2NO2. The van der Waals surface area contributed by atoms with Gasteiger partial charge in [-0.05, 0) is 6.42 Å². The lowest BCUT2D eigenvalue weighted by atomic mass is 10.1. The minimum atomic E-state index is -2.54. The smallest absolute Gasteiger partial charge is 0.255 e. The Morgan fingerprint density at radius 1 is 1.24 bits per heavy atom. The van der Waals surface area contributed by atoms with E-state index < -0.39 is 13.0 Å². The van der Waals surface area contributed by atoms with Gasteiger partial charge in [-0.2, -0.15) is 0 Å². The summed E-state index contributed by atoms with van der Waals surface area (Å²) < 4.78 is 24.4. The number of hydrogen-bond donors (Lipinski definition) is 1. The van der Waals surface area contributed by atoms with Gasteiger partial charge in [-0.25, -0.2) is 8.78 Å². The van der Waals surface area contributed by atoms with Gasteiger partial charge in [-0.15, -0.1) is 0 Å². The Hall–Kier alpha value is -0.710. The number of hydrogen-bond acceptors (Lipinski definition) is 2. The zero-order valence-electron chi connectivity index (χ0n) is 10.5. The van der Waals surface area contributed by atoms with E-state index in [1.165, 1.54) is 0 Å². The number of halogens is 2. The van der Waals surface area contributed by atoms with Crippen LogP contribution < -0.4 is 0 Å². The van der Waals surface area contributed by atoms with Crippen molar-refractivity contribution in [3.05, 3.63) is 0 Å². The fourth-order valence-corrected chi connectivity index (χ4v) is 1.64. The number of carbonyl (C=O) groups is 1. The standard InChI is InChI=1S/C12H23F2NO2/c1-2-3-4-5-6-7-12(17)15(8-9-16)10-11(13)14/h11,16H,2-10H2,1H3. The molecule has 0 aliphatic rings. The molecule has 0 bridgehead atoms. The van der Waals surface area contributed by atoms with Crippen LogP contribution in [0.15, 0.2) is 0 Å². The molecule has 0 unspecified atom stereocenters. The van der Waals surface area contributed by atoms with Crippen LogP contribution in [0.5, 0.6) is 0 Å². The molecule has 0 spiro atoms. The summed E-state index contributed by atoms with van der Waals surface area (Å²) in [7, 11) is 0. The largest absolute Gasteiger partial charge is 0.395 e. The second-order valence-electron chi connectivity index (χ2n) is 4.12. The number of unbranched alkanes of at least 4 members (excludes halogenated alkanes) is 4. The van der Waals surface area contributed by atoms with Gasteiger partial charge in [-0.1, -0.05) is 32.6 Å². The van der Waals surface area contributed by atoms with E-state index in [1.807, 2.05) is 0 Å². The Labute approximate surface area is 102 Å². The molecule has 0 heterocycles. The quantitative estimate of drug-likeness (QED) is 0.606. The molecule has 0 rings (SSSR count). The van der Waals surface area contributed by atoms with Crippen LogP contribution in [0.1, 0.15) is 45.4 Å². The maximum Gasteiger partial charge on any atom is 0.255 e. The lowest BCUT2D eigenvalue weighted by Crippen LogP contribution is -2.37. The Bertz CT molecular complexity index is 201. The van der Waals surface area contributed by atoms with Crippen molar-refractivity contribution < 1.29 is 18.7 Å². The highest BCUT2D eigenvalue weighted by molar-refractivity contribution is 5.76. The second kappa shape index (κ2) is 10.4. The molecule has 0 saturated carbocycles. The van der Waals surface area contributed by atoms with E-state index in [4.69, 9.17) is 5.11 Å². The van der Waals surface area contributed by atoms with Gasteiger partial charge in [0.05, 0.1) is 13.2 Å². The normalized spacial score (nSPS) is 10.9. The topological polar surface area (TPSA) is 40.5 Å². The van der Waals surface area contributed by atoms with E-state index in [2.05, 4.69) is 6.92 Å². The fraction of sp³-hybridized carbons (Fsp3) is 0.917. The van der Waals surface area contributed by atoms with Crippen LogP contribution in [0.25, 0.3) is 0 Å². The summed E-state index contributed by atoms with van der Waals surface area (Å²) in [5.74, 6) is -0.282. The first-order valence-corrected chi connectivity index (χ1v) is 6.28. The number of aliphatic hydroxyl groups is 1. The van der Waals surface area contributed by atoms with Crippen molar-refractivity contribution in [2.45, 2.75) is 51.9 Å². The summed E-state index contributed by atoms with van der Waals surface area (Å²) in [6, 6.07) is 0. The van der Waals surface area contributed by atoms with Crippen molar-refractivity contribution >= 4 is 5.91 Å². The molecule has 0 aromatic rings. The molecule has 17 heavy (non-hydrogen) atoms. The second-order valence-corrected chi connectivity index (χ2v) is 4.12. The maximum atomic E-state index is 12.2. The molecule has 5 heteroatoms. The molecule has 0 aliphatic heterocycles. The van der Waals surface area contributed by atoms with E-state index in [1.54, 1.807) is 0 Å². The van der Waals surface area contributed by atoms with Crippen molar-refractivity contribution in [1.29, 1.82) is 0 Å². The van der Waals surface area contributed by atoms with Crippen molar-refractivity contribution in [2.75, 3.05) is 19.7 Å². The predicted octanol–water partition coefficient (Wildman–Crippen LogP) is 2.43. The first-order valence-electron chi connectivity index (χ1n) is 6.28. The third-order valence-corrected chi connectivity index (χ3v) is 2.58. The van der Waals surface area contributed by atoms with E-state index in [0.29, 0.717) is 6.42 Å². The molecule has 0 saturated heterocycles. The lowest BCUT2D eigenvalue weighted by Gasteiger charge is -2.21. The minimum absolute atomic E-state index is 0.00185. The molecular weight excluding hydrogens is 228 g/mol. The van der Waals surface area contributed by atoms with E-state index in [9.17, 15) is 13.6 Å². The number of rotatable bonds is 10. The Morgan fingerprint density at radius 2 is 1.88 bits per heavy atom. The fourth-order valence-electron chi connectivity index (χ4n) is 1.64. The molecule has 0 radical (unpaired) electrons. The third kappa shape index (κ3) is 9.03. The molecule has 1 amide bonds. The zero-order chi connectivity index (χ0) is 13.1. The maximum absolute atomic E-state index is 12.2. The van der Waals surface area contributed by atoms with Crippen LogP contribution >= 0.6 is 0 Å². The third-order valence-electron chi connectivity index (χ3n) is 2.58. The average Bonchev–Trinajstić information content (AvgIpc) is 2.27. The molecule has 1 N–H and O–H groups in total. The minimum Gasteiger partial charge on any atom is -0.395 e. The number of aliphatic hydroxyl groups excluding tert-OH is 1. The van der Waals surface area contributed by atoms with Crippen molar-refractivity contribution in [2.24, 2.45) is 0 Å². The van der Waals surface area contributed by atoms with E-state index in [-0.39, 0.29) is 19.1 Å². The van der Waals surface area contributed by atoms with Gasteiger partial charge < -0.3 is 10.0 Å².